The molecular weight excluding hydrogens is 332 g/mol. The number of amides is 3. The van der Waals surface area contributed by atoms with Gasteiger partial charge in [-0.25, -0.2) is 4.79 Å². The summed E-state index contributed by atoms with van der Waals surface area (Å²) in [5, 5.41) is 13.9. The van der Waals surface area contributed by atoms with Gasteiger partial charge in [-0.05, 0) is 44.0 Å². The number of rotatable bonds is 4. The highest BCUT2D eigenvalue weighted by Crippen LogP contribution is 2.27. The number of benzene rings is 1. The van der Waals surface area contributed by atoms with Crippen LogP contribution in [0.25, 0.3) is 0 Å². The molecule has 4 rings (SSSR count). The number of carbonyl (C=O) groups is 2. The first kappa shape index (κ1) is 16.6. The first-order valence-electron chi connectivity index (χ1n) is 9.00. The first-order valence-corrected chi connectivity index (χ1v) is 9.00. The Morgan fingerprint density at radius 3 is 2.77 bits per heavy atom. The predicted molar refractivity (Wildman–Crippen MR) is 96.8 cm³/mol. The smallest absolute Gasteiger partial charge is 0.319 e. The maximum Gasteiger partial charge on any atom is 0.319 e. The van der Waals surface area contributed by atoms with Gasteiger partial charge in [-0.15, -0.1) is 10.2 Å². The van der Waals surface area contributed by atoms with Crippen LogP contribution in [-0.2, 0) is 24.3 Å². The molecule has 0 saturated carbocycles. The van der Waals surface area contributed by atoms with Crippen molar-refractivity contribution in [3.05, 3.63) is 35.9 Å². The van der Waals surface area contributed by atoms with E-state index in [0.29, 0.717) is 18.7 Å². The minimum Gasteiger partial charge on any atom is -0.331 e. The molecular formula is C18H22N6O2. The molecule has 0 spiro atoms. The summed E-state index contributed by atoms with van der Waals surface area (Å²) in [7, 11) is 0. The molecule has 8 heteroatoms. The number of anilines is 2. The lowest BCUT2D eigenvalue weighted by Gasteiger charge is -2.22. The summed E-state index contributed by atoms with van der Waals surface area (Å²) in [4.78, 5) is 25.9. The number of hydrogen-bond acceptors (Lipinski definition) is 4. The van der Waals surface area contributed by atoms with Crippen molar-refractivity contribution in [2.24, 2.45) is 0 Å². The van der Waals surface area contributed by atoms with Gasteiger partial charge in [-0.3, -0.25) is 4.79 Å². The summed E-state index contributed by atoms with van der Waals surface area (Å²) in [6.07, 6.45) is 3.50. The van der Waals surface area contributed by atoms with Gasteiger partial charge in [0.05, 0.1) is 6.54 Å². The van der Waals surface area contributed by atoms with Crippen molar-refractivity contribution in [3.63, 3.8) is 0 Å². The number of nitrogens with one attached hydrogen (secondary N) is 2. The molecule has 1 aromatic heterocycles. The molecule has 2 aliphatic rings. The van der Waals surface area contributed by atoms with Crippen LogP contribution in [0.2, 0.25) is 0 Å². The normalized spacial score (nSPS) is 18.9. The summed E-state index contributed by atoms with van der Waals surface area (Å²) >= 11 is 0. The van der Waals surface area contributed by atoms with Crippen LogP contribution in [0, 0.1) is 0 Å². The van der Waals surface area contributed by atoms with Gasteiger partial charge in [0.2, 0.25) is 5.91 Å². The highest BCUT2D eigenvalue weighted by Gasteiger charge is 2.28. The Kier molecular flexibility index (Phi) is 4.32. The van der Waals surface area contributed by atoms with Crippen LogP contribution in [0.15, 0.2) is 24.3 Å². The van der Waals surface area contributed by atoms with Gasteiger partial charge < -0.3 is 20.1 Å². The minimum absolute atomic E-state index is 0.150. The Labute approximate surface area is 151 Å². The number of urea groups is 1. The minimum atomic E-state index is -0.293. The fourth-order valence-corrected chi connectivity index (χ4v) is 3.61. The zero-order valence-corrected chi connectivity index (χ0v) is 14.7. The van der Waals surface area contributed by atoms with Gasteiger partial charge in [-0.1, -0.05) is 0 Å². The van der Waals surface area contributed by atoms with Crippen LogP contribution in [0.4, 0.5) is 16.2 Å². The van der Waals surface area contributed by atoms with E-state index in [9.17, 15) is 9.59 Å². The molecule has 3 heterocycles. The van der Waals surface area contributed by atoms with Gasteiger partial charge in [0.25, 0.3) is 0 Å². The largest absolute Gasteiger partial charge is 0.331 e. The molecule has 1 fully saturated rings. The molecule has 1 atom stereocenters. The fraction of sp³-hybridized carbons (Fsp3) is 0.444. The van der Waals surface area contributed by atoms with Crippen molar-refractivity contribution in [3.8, 4) is 0 Å². The highest BCUT2D eigenvalue weighted by atomic mass is 16.2. The van der Waals surface area contributed by atoms with E-state index in [-0.39, 0.29) is 18.0 Å². The molecule has 0 bridgehead atoms. The zero-order chi connectivity index (χ0) is 18.1. The number of carbonyl (C=O) groups excluding carboxylic acids is 2. The molecule has 8 nitrogen and oxygen atoms in total. The number of aromatic nitrogens is 3. The van der Waals surface area contributed by atoms with E-state index in [1.165, 1.54) is 0 Å². The second-order valence-corrected chi connectivity index (χ2v) is 6.79. The average Bonchev–Trinajstić information content (AvgIpc) is 3.31. The third-order valence-corrected chi connectivity index (χ3v) is 4.98. The van der Waals surface area contributed by atoms with Crippen molar-refractivity contribution in [1.82, 2.24) is 20.1 Å². The highest BCUT2D eigenvalue weighted by molar-refractivity contribution is 5.96. The van der Waals surface area contributed by atoms with E-state index >= 15 is 0 Å². The molecule has 136 valence electrons. The topological polar surface area (TPSA) is 92.2 Å². The summed E-state index contributed by atoms with van der Waals surface area (Å²) in [6, 6.07) is 7.26. The molecule has 0 radical (unpaired) electrons. The second-order valence-electron chi connectivity index (χ2n) is 6.79. The van der Waals surface area contributed by atoms with Crippen LogP contribution >= 0.6 is 0 Å². The SMILES string of the molecule is CC1CCC(=O)N1c1ccc(NC(=O)NCc2nnc3n2CCC3)cc1. The van der Waals surface area contributed by atoms with Crippen molar-refractivity contribution in [2.75, 3.05) is 10.2 Å². The first-order chi connectivity index (χ1) is 12.6. The van der Waals surface area contributed by atoms with E-state index in [1.54, 1.807) is 0 Å². The van der Waals surface area contributed by atoms with Gasteiger partial charge in [0.15, 0.2) is 5.82 Å². The number of hydrogen-bond donors (Lipinski definition) is 2. The lowest BCUT2D eigenvalue weighted by molar-refractivity contribution is -0.117. The molecule has 3 amide bonds. The van der Waals surface area contributed by atoms with E-state index in [0.717, 1.165) is 43.1 Å². The van der Waals surface area contributed by atoms with Crippen LogP contribution < -0.4 is 15.5 Å². The van der Waals surface area contributed by atoms with Gasteiger partial charge in [-0.2, -0.15) is 0 Å². The van der Waals surface area contributed by atoms with Crippen molar-refractivity contribution in [2.45, 2.75) is 51.7 Å². The van der Waals surface area contributed by atoms with Gasteiger partial charge >= 0.3 is 6.03 Å². The number of nitrogens with zero attached hydrogens (tertiary/aromatic N) is 4. The quantitative estimate of drug-likeness (QED) is 0.879. The summed E-state index contributed by atoms with van der Waals surface area (Å²) < 4.78 is 2.06. The van der Waals surface area contributed by atoms with Crippen LogP contribution in [-0.4, -0.2) is 32.7 Å². The summed E-state index contributed by atoms with van der Waals surface area (Å²) in [5.41, 5.74) is 1.54. The molecule has 1 aromatic carbocycles. The molecule has 1 saturated heterocycles. The maximum atomic E-state index is 12.1. The van der Waals surface area contributed by atoms with Crippen LogP contribution in [0.1, 0.15) is 37.8 Å². The second kappa shape index (κ2) is 6.78. The molecule has 2 aliphatic heterocycles. The maximum absolute atomic E-state index is 12.1. The predicted octanol–water partition coefficient (Wildman–Crippen LogP) is 2.06. The zero-order valence-electron chi connectivity index (χ0n) is 14.7. The summed E-state index contributed by atoms with van der Waals surface area (Å²) in [6.45, 7) is 3.30. The molecule has 1 unspecified atom stereocenters. The van der Waals surface area contributed by atoms with Crippen LogP contribution in [0.3, 0.4) is 0 Å². The van der Waals surface area contributed by atoms with Crippen LogP contribution in [0.5, 0.6) is 0 Å². The molecule has 0 aliphatic carbocycles. The molecule has 2 aromatic rings. The van der Waals surface area contributed by atoms with Crippen molar-refractivity contribution < 1.29 is 9.59 Å². The van der Waals surface area contributed by atoms with E-state index in [4.69, 9.17) is 0 Å². The van der Waals surface area contributed by atoms with Gasteiger partial charge in [0, 0.05) is 36.8 Å². The molecule has 26 heavy (non-hydrogen) atoms. The lowest BCUT2D eigenvalue weighted by Crippen LogP contribution is -2.31. The van der Waals surface area contributed by atoms with Crippen molar-refractivity contribution >= 4 is 23.3 Å². The number of fused-ring (bicyclic) bond motifs is 1. The Hall–Kier alpha value is -2.90. The third-order valence-electron chi connectivity index (χ3n) is 4.98. The Morgan fingerprint density at radius 1 is 1.23 bits per heavy atom. The van der Waals surface area contributed by atoms with Gasteiger partial charge in [0.1, 0.15) is 5.82 Å². The monoisotopic (exact) mass is 354 g/mol. The van der Waals surface area contributed by atoms with E-state index in [1.807, 2.05) is 36.1 Å². The Bertz CT molecular complexity index is 829. The number of aryl methyl sites for hydroxylation is 1. The fourth-order valence-electron chi connectivity index (χ4n) is 3.61. The lowest BCUT2D eigenvalue weighted by atomic mass is 10.2. The summed E-state index contributed by atoms with van der Waals surface area (Å²) in [5.74, 6) is 1.92. The third kappa shape index (κ3) is 3.14. The van der Waals surface area contributed by atoms with Crippen molar-refractivity contribution in [1.29, 1.82) is 0 Å². The standard InChI is InChI=1S/C18H22N6O2/c1-12-4-9-17(25)24(12)14-7-5-13(6-8-14)20-18(26)19-11-16-22-21-15-3-2-10-23(15)16/h5-8,12H,2-4,9-11H2,1H3,(H2,19,20,26). The van der Waals surface area contributed by atoms with E-state index in [2.05, 4.69) is 25.4 Å². The average molecular weight is 354 g/mol. The Balaban J connectivity index is 1.33. The molecule has 2 N–H and O–H groups in total. The van der Waals surface area contributed by atoms with E-state index < -0.39 is 0 Å². The Morgan fingerprint density at radius 2 is 2.04 bits per heavy atom.